The van der Waals surface area contributed by atoms with Crippen molar-refractivity contribution < 1.29 is 9.53 Å². The first-order valence-electron chi connectivity index (χ1n) is 6.03. The van der Waals surface area contributed by atoms with E-state index < -0.39 is 0 Å². The van der Waals surface area contributed by atoms with Crippen LogP contribution in [-0.4, -0.2) is 32.1 Å². The quantitative estimate of drug-likeness (QED) is 0.834. The minimum absolute atomic E-state index is 0.0953. The third kappa shape index (κ3) is 3.23. The van der Waals surface area contributed by atoms with Crippen molar-refractivity contribution in [2.75, 3.05) is 21.2 Å². The molecule has 1 aromatic carbocycles. The van der Waals surface area contributed by atoms with Crippen molar-refractivity contribution in [2.45, 2.75) is 26.7 Å². The van der Waals surface area contributed by atoms with Gasteiger partial charge in [-0.1, -0.05) is 13.8 Å². The van der Waals surface area contributed by atoms with Crippen LogP contribution in [0.15, 0.2) is 12.1 Å². The van der Waals surface area contributed by atoms with Crippen molar-refractivity contribution >= 4 is 5.91 Å². The fraction of sp³-hybridized carbons (Fsp3) is 0.500. The van der Waals surface area contributed by atoms with Crippen LogP contribution in [-0.2, 0) is 0 Å². The van der Waals surface area contributed by atoms with Gasteiger partial charge in [0, 0.05) is 19.7 Å². The van der Waals surface area contributed by atoms with Gasteiger partial charge in [-0.2, -0.15) is 0 Å². The van der Waals surface area contributed by atoms with Crippen molar-refractivity contribution in [3.8, 4) is 5.75 Å². The van der Waals surface area contributed by atoms with Crippen LogP contribution in [0.5, 0.6) is 5.75 Å². The van der Waals surface area contributed by atoms with Crippen LogP contribution >= 0.6 is 0 Å². The van der Waals surface area contributed by atoms with E-state index in [1.165, 1.54) is 0 Å². The molecule has 0 fully saturated rings. The van der Waals surface area contributed by atoms with Crippen molar-refractivity contribution in [2.24, 2.45) is 0 Å². The topological polar surface area (TPSA) is 41.6 Å². The van der Waals surface area contributed by atoms with Crippen LogP contribution in [0.2, 0.25) is 0 Å². The molecule has 0 saturated heterocycles. The second-order valence-corrected chi connectivity index (χ2v) is 4.90. The summed E-state index contributed by atoms with van der Waals surface area (Å²) in [5.41, 5.74) is 5.41. The summed E-state index contributed by atoms with van der Waals surface area (Å²) in [6, 6.07) is 3.83. The maximum Gasteiger partial charge on any atom is 0.265 e. The molecule has 100 valence electrons. The van der Waals surface area contributed by atoms with Gasteiger partial charge in [-0.05, 0) is 36.1 Å². The third-order valence-corrected chi connectivity index (χ3v) is 2.77. The summed E-state index contributed by atoms with van der Waals surface area (Å²) in [7, 11) is 5.24. The van der Waals surface area contributed by atoms with Gasteiger partial charge in [-0.25, -0.2) is 5.01 Å². The number of hydrogen-bond acceptors (Lipinski definition) is 3. The fourth-order valence-electron chi connectivity index (χ4n) is 1.83. The zero-order valence-electron chi connectivity index (χ0n) is 12.0. The molecule has 0 bridgehead atoms. The molecule has 0 radical (unpaired) electrons. The van der Waals surface area contributed by atoms with Gasteiger partial charge in [0.1, 0.15) is 5.75 Å². The Bertz CT molecular complexity index is 440. The summed E-state index contributed by atoms with van der Waals surface area (Å²) in [6.45, 7) is 6.08. The van der Waals surface area contributed by atoms with Crippen molar-refractivity contribution in [1.82, 2.24) is 10.4 Å². The molecule has 1 N–H and O–H groups in total. The number of hydrogen-bond donors (Lipinski definition) is 1. The molecule has 0 spiro atoms. The number of carbonyl (C=O) groups is 1. The van der Waals surface area contributed by atoms with Gasteiger partial charge in [0.05, 0.1) is 7.11 Å². The first-order valence-corrected chi connectivity index (χ1v) is 6.03. The van der Waals surface area contributed by atoms with Crippen LogP contribution in [0.4, 0.5) is 0 Å². The number of rotatable bonds is 4. The van der Waals surface area contributed by atoms with Crippen LogP contribution in [0.1, 0.15) is 41.3 Å². The lowest BCUT2D eigenvalue weighted by molar-refractivity contribution is 0.0856. The molecule has 18 heavy (non-hydrogen) atoms. The summed E-state index contributed by atoms with van der Waals surface area (Å²) < 4.78 is 5.36. The van der Waals surface area contributed by atoms with Gasteiger partial charge < -0.3 is 4.74 Å². The van der Waals surface area contributed by atoms with Gasteiger partial charge in [-0.3, -0.25) is 10.2 Å². The van der Waals surface area contributed by atoms with Crippen LogP contribution in [0, 0.1) is 6.92 Å². The molecule has 4 nitrogen and oxygen atoms in total. The van der Waals surface area contributed by atoms with E-state index in [0.717, 1.165) is 16.9 Å². The van der Waals surface area contributed by atoms with Crippen molar-refractivity contribution in [3.05, 3.63) is 28.8 Å². The average Bonchev–Trinajstić information content (AvgIpc) is 2.26. The Hall–Kier alpha value is -1.55. The summed E-state index contributed by atoms with van der Waals surface area (Å²) in [4.78, 5) is 12.1. The molecule has 0 aliphatic rings. The average molecular weight is 250 g/mol. The SMILES string of the molecule is COc1cc(C)c(C(=O)NN(C)C)cc1C(C)C. The molecule has 0 saturated carbocycles. The van der Waals surface area contributed by atoms with E-state index in [-0.39, 0.29) is 5.91 Å². The monoisotopic (exact) mass is 250 g/mol. The lowest BCUT2D eigenvalue weighted by Crippen LogP contribution is -2.36. The number of amides is 1. The summed E-state index contributed by atoms with van der Waals surface area (Å²) >= 11 is 0. The first-order chi connectivity index (χ1) is 8.36. The van der Waals surface area contributed by atoms with E-state index in [1.807, 2.05) is 19.1 Å². The highest BCUT2D eigenvalue weighted by Crippen LogP contribution is 2.29. The Morgan fingerprint density at radius 1 is 1.33 bits per heavy atom. The normalized spacial score (nSPS) is 10.9. The van der Waals surface area contributed by atoms with Gasteiger partial charge >= 0.3 is 0 Å². The number of nitrogens with zero attached hydrogens (tertiary/aromatic N) is 1. The number of methoxy groups -OCH3 is 1. The summed E-state index contributed by atoms with van der Waals surface area (Å²) in [5, 5.41) is 1.64. The highest BCUT2D eigenvalue weighted by Gasteiger charge is 2.15. The molecular weight excluding hydrogens is 228 g/mol. The Morgan fingerprint density at radius 2 is 1.94 bits per heavy atom. The number of ether oxygens (including phenoxy) is 1. The predicted molar refractivity (Wildman–Crippen MR) is 73.0 cm³/mol. The van der Waals surface area contributed by atoms with E-state index in [4.69, 9.17) is 4.74 Å². The second-order valence-electron chi connectivity index (χ2n) is 4.90. The number of carbonyl (C=O) groups excluding carboxylic acids is 1. The first kappa shape index (κ1) is 14.5. The zero-order valence-corrected chi connectivity index (χ0v) is 12.0. The van der Waals surface area contributed by atoms with E-state index in [2.05, 4.69) is 19.3 Å². The van der Waals surface area contributed by atoms with E-state index in [9.17, 15) is 4.79 Å². The van der Waals surface area contributed by atoms with Crippen molar-refractivity contribution in [3.63, 3.8) is 0 Å². The molecule has 0 aliphatic heterocycles. The molecule has 4 heteroatoms. The molecule has 1 aromatic rings. The number of nitrogens with one attached hydrogen (secondary N) is 1. The van der Waals surface area contributed by atoms with Crippen LogP contribution < -0.4 is 10.2 Å². The van der Waals surface area contributed by atoms with Gasteiger partial charge in [0.25, 0.3) is 5.91 Å². The fourth-order valence-corrected chi connectivity index (χ4v) is 1.83. The zero-order chi connectivity index (χ0) is 13.9. The van der Waals surface area contributed by atoms with Crippen molar-refractivity contribution in [1.29, 1.82) is 0 Å². The van der Waals surface area contributed by atoms with Gasteiger partial charge in [0.2, 0.25) is 0 Å². The molecule has 1 rings (SSSR count). The molecule has 1 amide bonds. The van der Waals surface area contributed by atoms with E-state index in [0.29, 0.717) is 11.5 Å². The van der Waals surface area contributed by atoms with E-state index >= 15 is 0 Å². The van der Waals surface area contributed by atoms with Gasteiger partial charge in [0.15, 0.2) is 0 Å². The van der Waals surface area contributed by atoms with Crippen LogP contribution in [0.25, 0.3) is 0 Å². The highest BCUT2D eigenvalue weighted by molar-refractivity contribution is 5.95. The largest absolute Gasteiger partial charge is 0.496 e. The summed E-state index contributed by atoms with van der Waals surface area (Å²) in [5.74, 6) is 1.05. The Balaban J connectivity index is 3.21. The molecule has 0 unspecified atom stereocenters. The third-order valence-electron chi connectivity index (χ3n) is 2.77. The maximum absolute atomic E-state index is 12.1. The lowest BCUT2D eigenvalue weighted by atomic mass is 9.96. The standard InChI is InChI=1S/C14H22N2O2/c1-9(2)11-8-12(14(17)15-16(4)5)10(3)7-13(11)18-6/h7-9H,1-6H3,(H,15,17). The Labute approximate surface area is 109 Å². The molecule has 0 atom stereocenters. The molecule has 0 aliphatic carbocycles. The predicted octanol–water partition coefficient (Wildman–Crippen LogP) is 2.33. The number of hydrazine groups is 1. The summed E-state index contributed by atoms with van der Waals surface area (Å²) in [6.07, 6.45) is 0. The molecule has 0 aromatic heterocycles. The number of aryl methyl sites for hydroxylation is 1. The molecule has 0 heterocycles. The van der Waals surface area contributed by atoms with Gasteiger partial charge in [-0.15, -0.1) is 0 Å². The smallest absolute Gasteiger partial charge is 0.265 e. The van der Waals surface area contributed by atoms with E-state index in [1.54, 1.807) is 26.2 Å². The van der Waals surface area contributed by atoms with Crippen LogP contribution in [0.3, 0.4) is 0 Å². The highest BCUT2D eigenvalue weighted by atomic mass is 16.5. The minimum atomic E-state index is -0.0953. The maximum atomic E-state index is 12.1. The Kier molecular flexibility index (Phi) is 4.73. The Morgan fingerprint density at radius 3 is 2.39 bits per heavy atom. The number of benzene rings is 1. The molecular formula is C14H22N2O2. The second kappa shape index (κ2) is 5.87. The minimum Gasteiger partial charge on any atom is -0.496 e. The lowest BCUT2D eigenvalue weighted by Gasteiger charge is -2.17.